The predicted octanol–water partition coefficient (Wildman–Crippen LogP) is 2.26. The highest BCUT2D eigenvalue weighted by Gasteiger charge is 2.29. The third-order valence-corrected chi connectivity index (χ3v) is 7.68. The summed E-state index contributed by atoms with van der Waals surface area (Å²) in [5, 5.41) is 4.68. The molecule has 1 aliphatic heterocycles. The second-order valence-electron chi connectivity index (χ2n) is 6.21. The highest BCUT2D eigenvalue weighted by atomic mass is 32.2. The second-order valence-corrected chi connectivity index (χ2v) is 9.33. The van der Waals surface area contributed by atoms with Gasteiger partial charge in [-0.3, -0.25) is 9.69 Å². The standard InChI is InChI=1S/C18H23N3O3S2/c1-2-15-5-3-6-16(13-15)19-17(22)14-20-8-10-21(11-9-20)26(23,24)18-7-4-12-25-18/h3-7,12-13H,2,8-11,14H2,1H3,(H,19,22). The van der Waals surface area contributed by atoms with E-state index >= 15 is 0 Å². The smallest absolute Gasteiger partial charge is 0.252 e. The van der Waals surface area contributed by atoms with E-state index in [9.17, 15) is 13.2 Å². The lowest BCUT2D eigenvalue weighted by Gasteiger charge is -2.33. The Kier molecular flexibility index (Phi) is 6.08. The van der Waals surface area contributed by atoms with Crippen LogP contribution < -0.4 is 5.32 Å². The third kappa shape index (κ3) is 4.50. The molecule has 0 atom stereocenters. The Morgan fingerprint density at radius 1 is 1.15 bits per heavy atom. The number of hydrogen-bond donors (Lipinski definition) is 1. The van der Waals surface area contributed by atoms with Crippen molar-refractivity contribution in [1.29, 1.82) is 0 Å². The van der Waals surface area contributed by atoms with E-state index in [1.54, 1.807) is 17.5 Å². The number of anilines is 1. The van der Waals surface area contributed by atoms with Crippen molar-refractivity contribution in [1.82, 2.24) is 9.21 Å². The van der Waals surface area contributed by atoms with Gasteiger partial charge in [0.05, 0.1) is 6.54 Å². The fourth-order valence-electron chi connectivity index (χ4n) is 2.94. The van der Waals surface area contributed by atoms with E-state index in [0.717, 1.165) is 12.1 Å². The molecule has 2 heterocycles. The number of carbonyl (C=O) groups excluding carboxylic acids is 1. The average molecular weight is 394 g/mol. The number of nitrogens with zero attached hydrogens (tertiary/aromatic N) is 2. The van der Waals surface area contributed by atoms with Crippen molar-refractivity contribution < 1.29 is 13.2 Å². The van der Waals surface area contributed by atoms with Crippen molar-refractivity contribution in [3.8, 4) is 0 Å². The molecule has 1 aromatic carbocycles. The van der Waals surface area contributed by atoms with Crippen LogP contribution in [0.5, 0.6) is 0 Å². The molecule has 1 aromatic heterocycles. The van der Waals surface area contributed by atoms with Crippen LogP contribution in [0.3, 0.4) is 0 Å². The summed E-state index contributed by atoms with van der Waals surface area (Å²) in [4.78, 5) is 14.2. The normalized spacial score (nSPS) is 16.5. The van der Waals surface area contributed by atoms with Crippen LogP contribution in [0.25, 0.3) is 0 Å². The van der Waals surface area contributed by atoms with Crippen molar-refractivity contribution in [3.05, 3.63) is 47.3 Å². The van der Waals surface area contributed by atoms with Crippen LogP contribution in [-0.4, -0.2) is 56.3 Å². The van der Waals surface area contributed by atoms with Gasteiger partial charge in [-0.1, -0.05) is 25.1 Å². The van der Waals surface area contributed by atoms with Gasteiger partial charge in [0.15, 0.2) is 0 Å². The van der Waals surface area contributed by atoms with Gasteiger partial charge in [-0.25, -0.2) is 8.42 Å². The van der Waals surface area contributed by atoms with Crippen molar-refractivity contribution >= 4 is 33.0 Å². The molecule has 0 radical (unpaired) electrons. The Hall–Kier alpha value is -1.74. The van der Waals surface area contributed by atoms with Crippen molar-refractivity contribution in [2.24, 2.45) is 0 Å². The highest BCUT2D eigenvalue weighted by Crippen LogP contribution is 2.22. The Bertz CT molecular complexity index is 842. The third-order valence-electron chi connectivity index (χ3n) is 4.41. The number of carbonyl (C=O) groups is 1. The lowest BCUT2D eigenvalue weighted by Crippen LogP contribution is -2.50. The van der Waals surface area contributed by atoms with E-state index in [-0.39, 0.29) is 12.5 Å². The molecule has 1 N–H and O–H groups in total. The molecule has 6 nitrogen and oxygen atoms in total. The highest BCUT2D eigenvalue weighted by molar-refractivity contribution is 7.91. The van der Waals surface area contributed by atoms with E-state index in [0.29, 0.717) is 30.4 Å². The minimum atomic E-state index is -3.40. The molecule has 26 heavy (non-hydrogen) atoms. The number of thiophene rings is 1. The van der Waals surface area contributed by atoms with Gasteiger partial charge in [-0.15, -0.1) is 11.3 Å². The lowest BCUT2D eigenvalue weighted by atomic mass is 10.1. The van der Waals surface area contributed by atoms with E-state index < -0.39 is 10.0 Å². The minimum Gasteiger partial charge on any atom is -0.325 e. The topological polar surface area (TPSA) is 69.7 Å². The fourth-order valence-corrected chi connectivity index (χ4v) is 5.50. The van der Waals surface area contributed by atoms with Crippen LogP contribution in [0.1, 0.15) is 12.5 Å². The molecule has 0 spiro atoms. The first-order valence-corrected chi connectivity index (χ1v) is 11.0. The van der Waals surface area contributed by atoms with E-state index in [1.165, 1.54) is 21.2 Å². The number of benzene rings is 1. The molecule has 1 aliphatic rings. The summed E-state index contributed by atoms with van der Waals surface area (Å²) in [6.45, 7) is 4.24. The van der Waals surface area contributed by atoms with Gasteiger partial charge in [0, 0.05) is 31.9 Å². The van der Waals surface area contributed by atoms with Crippen molar-refractivity contribution in [3.63, 3.8) is 0 Å². The molecular weight excluding hydrogens is 370 g/mol. The summed E-state index contributed by atoms with van der Waals surface area (Å²) in [6, 6.07) is 11.2. The Balaban J connectivity index is 1.51. The molecule has 1 amide bonds. The molecule has 3 rings (SSSR count). The zero-order valence-electron chi connectivity index (χ0n) is 14.7. The van der Waals surface area contributed by atoms with Gasteiger partial charge in [0.2, 0.25) is 5.91 Å². The molecular formula is C18H23N3O3S2. The number of amides is 1. The van der Waals surface area contributed by atoms with Gasteiger partial charge in [-0.05, 0) is 35.6 Å². The van der Waals surface area contributed by atoms with Crippen LogP contribution in [-0.2, 0) is 21.2 Å². The van der Waals surface area contributed by atoms with Crippen LogP contribution in [0.2, 0.25) is 0 Å². The number of nitrogens with one attached hydrogen (secondary N) is 1. The van der Waals surface area contributed by atoms with E-state index in [2.05, 4.69) is 12.2 Å². The van der Waals surface area contributed by atoms with Crippen LogP contribution in [0.4, 0.5) is 5.69 Å². The Labute approximate surface area is 158 Å². The predicted molar refractivity (Wildman–Crippen MR) is 104 cm³/mol. The van der Waals surface area contributed by atoms with Crippen molar-refractivity contribution in [2.45, 2.75) is 17.6 Å². The summed E-state index contributed by atoms with van der Waals surface area (Å²) >= 11 is 1.23. The quantitative estimate of drug-likeness (QED) is 0.817. The van der Waals surface area contributed by atoms with E-state index in [1.807, 2.05) is 29.2 Å². The summed E-state index contributed by atoms with van der Waals surface area (Å²) in [5.74, 6) is -0.0761. The lowest BCUT2D eigenvalue weighted by molar-refractivity contribution is -0.117. The number of piperazine rings is 1. The number of rotatable bonds is 6. The minimum absolute atomic E-state index is 0.0761. The summed E-state index contributed by atoms with van der Waals surface area (Å²) in [5.41, 5.74) is 1.98. The molecule has 140 valence electrons. The first-order valence-electron chi connectivity index (χ1n) is 8.64. The molecule has 8 heteroatoms. The fraction of sp³-hybridized carbons (Fsp3) is 0.389. The van der Waals surface area contributed by atoms with Gasteiger partial charge < -0.3 is 5.32 Å². The molecule has 1 fully saturated rings. The maximum absolute atomic E-state index is 12.5. The number of sulfonamides is 1. The molecule has 0 aliphatic carbocycles. The molecule has 0 bridgehead atoms. The van der Waals surface area contributed by atoms with Crippen LogP contribution in [0.15, 0.2) is 46.0 Å². The number of aryl methyl sites for hydroxylation is 1. The Morgan fingerprint density at radius 3 is 2.58 bits per heavy atom. The Morgan fingerprint density at radius 2 is 1.92 bits per heavy atom. The maximum Gasteiger partial charge on any atom is 0.252 e. The van der Waals surface area contributed by atoms with Gasteiger partial charge in [-0.2, -0.15) is 4.31 Å². The molecule has 2 aromatic rings. The first kappa shape index (κ1) is 19.0. The molecule has 0 unspecified atom stereocenters. The SMILES string of the molecule is CCc1cccc(NC(=O)CN2CCN(S(=O)(=O)c3cccs3)CC2)c1. The molecule has 0 saturated carbocycles. The monoisotopic (exact) mass is 393 g/mol. The van der Waals surface area contributed by atoms with Gasteiger partial charge >= 0.3 is 0 Å². The first-order chi connectivity index (χ1) is 12.5. The number of hydrogen-bond acceptors (Lipinski definition) is 5. The van der Waals surface area contributed by atoms with Gasteiger partial charge in [0.1, 0.15) is 4.21 Å². The maximum atomic E-state index is 12.5. The zero-order chi connectivity index (χ0) is 18.6. The van der Waals surface area contributed by atoms with Crippen LogP contribution in [0, 0.1) is 0 Å². The average Bonchev–Trinajstić information content (AvgIpc) is 3.18. The zero-order valence-corrected chi connectivity index (χ0v) is 16.4. The second kappa shape index (κ2) is 8.30. The van der Waals surface area contributed by atoms with E-state index in [4.69, 9.17) is 0 Å². The molecule has 1 saturated heterocycles. The largest absolute Gasteiger partial charge is 0.325 e. The van der Waals surface area contributed by atoms with Gasteiger partial charge in [0.25, 0.3) is 10.0 Å². The summed E-state index contributed by atoms with van der Waals surface area (Å²) < 4.78 is 26.9. The van der Waals surface area contributed by atoms with Crippen molar-refractivity contribution in [2.75, 3.05) is 38.0 Å². The van der Waals surface area contributed by atoms with Crippen LogP contribution >= 0.6 is 11.3 Å². The summed E-state index contributed by atoms with van der Waals surface area (Å²) in [6.07, 6.45) is 0.921. The summed E-state index contributed by atoms with van der Waals surface area (Å²) in [7, 11) is -3.40.